The van der Waals surface area contributed by atoms with Gasteiger partial charge in [-0.3, -0.25) is 4.57 Å². The molecular formula is C25H19F5N2OS. The van der Waals surface area contributed by atoms with Crippen molar-refractivity contribution in [2.45, 2.75) is 30.1 Å². The molecule has 0 aliphatic heterocycles. The number of rotatable bonds is 7. The van der Waals surface area contributed by atoms with Gasteiger partial charge in [-0.1, -0.05) is 72.4 Å². The first-order chi connectivity index (χ1) is 16.1. The molecule has 0 unspecified atom stereocenters. The molecule has 0 radical (unpaired) electrons. The topological polar surface area (TPSA) is 27.1 Å². The molecule has 0 spiro atoms. The summed E-state index contributed by atoms with van der Waals surface area (Å²) >= 11 is 1.34. The van der Waals surface area contributed by atoms with Gasteiger partial charge in [0.05, 0.1) is 11.4 Å². The van der Waals surface area contributed by atoms with E-state index >= 15 is 0 Å². The molecule has 0 saturated heterocycles. The van der Waals surface area contributed by atoms with Crippen molar-refractivity contribution in [3.63, 3.8) is 0 Å². The van der Waals surface area contributed by atoms with Crippen molar-refractivity contribution in [3.8, 4) is 22.7 Å². The van der Waals surface area contributed by atoms with Crippen molar-refractivity contribution in [2.75, 3.05) is 0 Å². The number of benzene rings is 3. The minimum atomic E-state index is -4.80. The van der Waals surface area contributed by atoms with Gasteiger partial charge in [0.2, 0.25) is 0 Å². The number of alkyl halides is 5. The van der Waals surface area contributed by atoms with Crippen LogP contribution in [0, 0.1) is 0 Å². The maximum atomic E-state index is 13.5. The van der Waals surface area contributed by atoms with Gasteiger partial charge in [0.15, 0.2) is 5.16 Å². The molecule has 0 fully saturated rings. The van der Waals surface area contributed by atoms with E-state index < -0.39 is 12.3 Å². The number of aromatic nitrogens is 2. The van der Waals surface area contributed by atoms with E-state index in [2.05, 4.69) is 9.72 Å². The molecule has 0 amide bonds. The molecule has 4 rings (SSSR count). The van der Waals surface area contributed by atoms with Crippen LogP contribution in [0.4, 0.5) is 22.0 Å². The third-order valence-electron chi connectivity index (χ3n) is 4.90. The molecule has 0 aliphatic carbocycles. The summed E-state index contributed by atoms with van der Waals surface area (Å²) in [6.45, 7) is 0.843. The van der Waals surface area contributed by atoms with Crippen LogP contribution >= 0.6 is 11.8 Å². The van der Waals surface area contributed by atoms with Crippen LogP contribution in [0.25, 0.3) is 16.9 Å². The predicted molar refractivity (Wildman–Crippen MR) is 121 cm³/mol. The highest BCUT2D eigenvalue weighted by molar-refractivity contribution is 7.98. The van der Waals surface area contributed by atoms with Crippen molar-refractivity contribution in [2.24, 2.45) is 0 Å². The summed E-state index contributed by atoms with van der Waals surface area (Å²) in [5, 5.41) is 0.535. The SMILES string of the molecule is CC(F)(F)c1ccc(CSc2nc(-c3ccccc3)cn2-c2cccc(OC(F)(F)F)c2)cc1. The van der Waals surface area contributed by atoms with Crippen LogP contribution in [0.1, 0.15) is 18.1 Å². The van der Waals surface area contributed by atoms with Crippen LogP contribution in [0.5, 0.6) is 5.75 Å². The zero-order valence-corrected chi connectivity index (χ0v) is 18.7. The lowest BCUT2D eigenvalue weighted by molar-refractivity contribution is -0.274. The van der Waals surface area contributed by atoms with Crippen LogP contribution in [0.3, 0.4) is 0 Å². The summed E-state index contributed by atoms with van der Waals surface area (Å²) in [5.41, 5.74) is 2.67. The lowest BCUT2D eigenvalue weighted by Gasteiger charge is -2.12. The first-order valence-electron chi connectivity index (χ1n) is 10.2. The average Bonchev–Trinajstić information content (AvgIpc) is 3.21. The van der Waals surface area contributed by atoms with Crippen molar-refractivity contribution in [3.05, 3.63) is 96.2 Å². The van der Waals surface area contributed by atoms with Crippen molar-refractivity contribution >= 4 is 11.8 Å². The molecular weight excluding hydrogens is 471 g/mol. The first-order valence-corrected chi connectivity index (χ1v) is 11.2. The Hall–Kier alpha value is -3.33. The van der Waals surface area contributed by atoms with E-state index in [0.29, 0.717) is 22.3 Å². The van der Waals surface area contributed by atoms with Crippen molar-refractivity contribution in [1.29, 1.82) is 0 Å². The Kier molecular flexibility index (Phi) is 6.65. The first kappa shape index (κ1) is 23.8. The van der Waals surface area contributed by atoms with Gasteiger partial charge in [-0.15, -0.1) is 13.2 Å². The van der Waals surface area contributed by atoms with Crippen LogP contribution in [0.2, 0.25) is 0 Å². The van der Waals surface area contributed by atoms with Gasteiger partial charge in [-0.25, -0.2) is 13.8 Å². The lowest BCUT2D eigenvalue weighted by atomic mass is 10.1. The van der Waals surface area contributed by atoms with E-state index in [9.17, 15) is 22.0 Å². The number of halogens is 5. The molecule has 3 aromatic carbocycles. The van der Waals surface area contributed by atoms with Gasteiger partial charge in [0.1, 0.15) is 5.75 Å². The summed E-state index contributed by atoms with van der Waals surface area (Å²) in [6.07, 6.45) is -3.06. The van der Waals surface area contributed by atoms with E-state index in [-0.39, 0.29) is 11.3 Å². The van der Waals surface area contributed by atoms with Gasteiger partial charge < -0.3 is 4.74 Å². The maximum absolute atomic E-state index is 13.5. The molecule has 4 aromatic rings. The van der Waals surface area contributed by atoms with Crippen LogP contribution in [-0.2, 0) is 11.7 Å². The van der Waals surface area contributed by atoms with E-state index in [4.69, 9.17) is 0 Å². The van der Waals surface area contributed by atoms with Crippen LogP contribution in [-0.4, -0.2) is 15.9 Å². The fourth-order valence-electron chi connectivity index (χ4n) is 3.27. The maximum Gasteiger partial charge on any atom is 0.573 e. The molecule has 34 heavy (non-hydrogen) atoms. The second kappa shape index (κ2) is 9.50. The number of imidazole rings is 1. The molecule has 0 aliphatic rings. The summed E-state index contributed by atoms with van der Waals surface area (Å²) in [4.78, 5) is 4.68. The highest BCUT2D eigenvalue weighted by Crippen LogP contribution is 2.32. The van der Waals surface area contributed by atoms with Gasteiger partial charge >= 0.3 is 6.36 Å². The van der Waals surface area contributed by atoms with Gasteiger partial charge in [-0.2, -0.15) is 0 Å². The fraction of sp³-hybridized carbons (Fsp3) is 0.160. The van der Waals surface area contributed by atoms with E-state index in [1.165, 1.54) is 42.1 Å². The number of hydrogen-bond donors (Lipinski definition) is 0. The van der Waals surface area contributed by atoms with Crippen LogP contribution in [0.15, 0.2) is 90.2 Å². The lowest BCUT2D eigenvalue weighted by Crippen LogP contribution is -2.17. The van der Waals surface area contributed by atoms with Gasteiger partial charge in [-0.05, 0) is 17.7 Å². The Morgan fingerprint density at radius 2 is 1.59 bits per heavy atom. The third kappa shape index (κ3) is 5.96. The molecule has 176 valence electrons. The molecule has 0 N–H and O–H groups in total. The highest BCUT2D eigenvalue weighted by atomic mass is 32.2. The minimum absolute atomic E-state index is 0.0735. The zero-order valence-electron chi connectivity index (χ0n) is 17.9. The standard InChI is InChI=1S/C25H19F5N2OS/c1-24(26,27)19-12-10-17(11-13-19)16-34-23-31-22(18-6-3-2-4-7-18)15-32(23)20-8-5-9-21(14-20)33-25(28,29)30/h2-15H,16H2,1H3. The number of hydrogen-bond acceptors (Lipinski definition) is 3. The zero-order chi connectivity index (χ0) is 24.3. The van der Waals surface area contributed by atoms with E-state index in [1.54, 1.807) is 29.0 Å². The molecule has 0 bridgehead atoms. The fourth-order valence-corrected chi connectivity index (χ4v) is 4.22. The number of ether oxygens (including phenoxy) is 1. The smallest absolute Gasteiger partial charge is 0.406 e. The molecule has 1 heterocycles. The summed E-state index contributed by atoms with van der Waals surface area (Å²) in [7, 11) is 0. The molecule has 1 aromatic heterocycles. The Morgan fingerprint density at radius 1 is 0.882 bits per heavy atom. The van der Waals surface area contributed by atoms with Gasteiger partial charge in [0.25, 0.3) is 5.92 Å². The summed E-state index contributed by atoms with van der Waals surface area (Å²) in [5.74, 6) is -2.83. The predicted octanol–water partition coefficient (Wildman–Crippen LogP) is 7.84. The Bertz CT molecular complexity index is 1250. The average molecular weight is 490 g/mol. The molecule has 9 heteroatoms. The third-order valence-corrected chi connectivity index (χ3v) is 5.93. The Morgan fingerprint density at radius 3 is 2.24 bits per heavy atom. The van der Waals surface area contributed by atoms with Gasteiger partial charge in [0, 0.05) is 36.1 Å². The number of nitrogens with zero attached hydrogens (tertiary/aromatic N) is 2. The molecule has 0 atom stereocenters. The van der Waals surface area contributed by atoms with Crippen molar-refractivity contribution < 1.29 is 26.7 Å². The Labute approximate surface area is 197 Å². The summed E-state index contributed by atoms with van der Waals surface area (Å²) in [6, 6.07) is 21.0. The minimum Gasteiger partial charge on any atom is -0.406 e. The quantitative estimate of drug-likeness (QED) is 0.195. The monoisotopic (exact) mass is 490 g/mol. The second-order valence-electron chi connectivity index (χ2n) is 7.56. The second-order valence-corrected chi connectivity index (χ2v) is 8.51. The molecule has 0 saturated carbocycles. The van der Waals surface area contributed by atoms with E-state index in [0.717, 1.165) is 18.1 Å². The Balaban J connectivity index is 1.65. The molecule has 3 nitrogen and oxygen atoms in total. The summed E-state index contributed by atoms with van der Waals surface area (Å²) < 4.78 is 70.8. The largest absolute Gasteiger partial charge is 0.573 e. The number of thioether (sulfide) groups is 1. The van der Waals surface area contributed by atoms with Crippen molar-refractivity contribution in [1.82, 2.24) is 9.55 Å². The van der Waals surface area contributed by atoms with Crippen LogP contribution < -0.4 is 4.74 Å². The normalized spacial score (nSPS) is 12.1. The highest BCUT2D eigenvalue weighted by Gasteiger charge is 2.31. The van der Waals surface area contributed by atoms with E-state index in [1.807, 2.05) is 30.3 Å².